The molecule has 0 aliphatic carbocycles. The number of aromatic nitrogens is 3. The number of nitrogens with one attached hydrogen (secondary N) is 3. The summed E-state index contributed by atoms with van der Waals surface area (Å²) in [5, 5.41) is 8.02. The number of anilines is 2. The Morgan fingerprint density at radius 3 is 2.77 bits per heavy atom. The Labute approximate surface area is 155 Å². The van der Waals surface area contributed by atoms with Crippen LogP contribution in [-0.4, -0.2) is 53.6 Å². The number of benzene rings is 1. The SMILES string of the molecule is Cc1cc(NCCCN(C)C)nc(NCCc2c[nH]c3ccccc23)n1. The van der Waals surface area contributed by atoms with E-state index in [9.17, 15) is 0 Å². The van der Waals surface area contributed by atoms with Crippen molar-refractivity contribution >= 4 is 22.7 Å². The van der Waals surface area contributed by atoms with E-state index in [0.717, 1.165) is 44.0 Å². The minimum absolute atomic E-state index is 0.681. The third kappa shape index (κ3) is 4.95. The van der Waals surface area contributed by atoms with Crippen LogP contribution in [0.1, 0.15) is 17.7 Å². The van der Waals surface area contributed by atoms with Crippen molar-refractivity contribution in [3.63, 3.8) is 0 Å². The van der Waals surface area contributed by atoms with Crippen molar-refractivity contribution in [3.05, 3.63) is 47.8 Å². The molecule has 0 aliphatic rings. The molecule has 6 heteroatoms. The highest BCUT2D eigenvalue weighted by Gasteiger charge is 2.05. The number of hydrogen-bond acceptors (Lipinski definition) is 5. The van der Waals surface area contributed by atoms with Crippen LogP contribution in [0.15, 0.2) is 36.5 Å². The topological polar surface area (TPSA) is 68.9 Å². The number of hydrogen-bond donors (Lipinski definition) is 3. The van der Waals surface area contributed by atoms with Gasteiger partial charge in [0, 0.05) is 41.9 Å². The Balaban J connectivity index is 1.54. The van der Waals surface area contributed by atoms with E-state index < -0.39 is 0 Å². The molecule has 2 heterocycles. The van der Waals surface area contributed by atoms with Gasteiger partial charge in [0.25, 0.3) is 0 Å². The lowest BCUT2D eigenvalue weighted by Crippen LogP contribution is -2.17. The van der Waals surface area contributed by atoms with Crippen molar-refractivity contribution in [1.29, 1.82) is 0 Å². The highest BCUT2D eigenvalue weighted by atomic mass is 15.1. The molecule has 0 saturated carbocycles. The Bertz CT molecular complexity index is 839. The van der Waals surface area contributed by atoms with E-state index in [2.05, 4.69) is 75.0 Å². The second-order valence-electron chi connectivity index (χ2n) is 6.84. The largest absolute Gasteiger partial charge is 0.370 e. The number of aryl methyl sites for hydroxylation is 1. The average Bonchev–Trinajstić information content (AvgIpc) is 3.02. The summed E-state index contributed by atoms with van der Waals surface area (Å²) < 4.78 is 0. The van der Waals surface area contributed by atoms with Crippen LogP contribution in [0.2, 0.25) is 0 Å². The standard InChI is InChI=1S/C20H28N6/c1-15-13-19(21-10-6-12-26(2)3)25-20(24-15)22-11-9-16-14-23-18-8-5-4-7-17(16)18/h4-5,7-8,13-14,23H,6,9-12H2,1-3H3,(H2,21,22,24,25). The number of rotatable bonds is 9. The molecule has 0 amide bonds. The third-order valence-electron chi connectivity index (χ3n) is 4.29. The molecule has 0 spiro atoms. The van der Waals surface area contributed by atoms with Crippen LogP contribution < -0.4 is 10.6 Å². The van der Waals surface area contributed by atoms with Crippen LogP contribution in [0.25, 0.3) is 10.9 Å². The van der Waals surface area contributed by atoms with E-state index in [0.29, 0.717) is 5.95 Å². The number of fused-ring (bicyclic) bond motifs is 1. The molecule has 26 heavy (non-hydrogen) atoms. The predicted molar refractivity (Wildman–Crippen MR) is 109 cm³/mol. The van der Waals surface area contributed by atoms with E-state index >= 15 is 0 Å². The van der Waals surface area contributed by atoms with Crippen molar-refractivity contribution < 1.29 is 0 Å². The van der Waals surface area contributed by atoms with Gasteiger partial charge in [-0.3, -0.25) is 0 Å². The van der Waals surface area contributed by atoms with Gasteiger partial charge in [0.05, 0.1) is 0 Å². The van der Waals surface area contributed by atoms with Gasteiger partial charge in [0.15, 0.2) is 0 Å². The maximum absolute atomic E-state index is 4.58. The van der Waals surface area contributed by atoms with E-state index in [1.165, 1.54) is 16.5 Å². The van der Waals surface area contributed by atoms with E-state index in [1.807, 2.05) is 13.0 Å². The summed E-state index contributed by atoms with van der Waals surface area (Å²) >= 11 is 0. The monoisotopic (exact) mass is 352 g/mol. The normalized spacial score (nSPS) is 11.2. The Morgan fingerprint density at radius 2 is 1.92 bits per heavy atom. The number of aromatic amines is 1. The summed E-state index contributed by atoms with van der Waals surface area (Å²) in [6.07, 6.45) is 4.09. The van der Waals surface area contributed by atoms with Gasteiger partial charge in [-0.15, -0.1) is 0 Å². The first kappa shape index (κ1) is 18.2. The van der Waals surface area contributed by atoms with Crippen LogP contribution in [0, 0.1) is 6.92 Å². The maximum atomic E-state index is 4.58. The lowest BCUT2D eigenvalue weighted by Gasteiger charge is -2.12. The van der Waals surface area contributed by atoms with Gasteiger partial charge in [-0.25, -0.2) is 4.98 Å². The Morgan fingerprint density at radius 1 is 1.08 bits per heavy atom. The zero-order valence-electron chi connectivity index (χ0n) is 15.8. The summed E-state index contributed by atoms with van der Waals surface area (Å²) in [5.74, 6) is 1.56. The number of H-pyrrole nitrogens is 1. The zero-order chi connectivity index (χ0) is 18.4. The fourth-order valence-corrected chi connectivity index (χ4v) is 3.00. The quantitative estimate of drug-likeness (QED) is 0.516. The van der Waals surface area contributed by atoms with Crippen molar-refractivity contribution in [2.45, 2.75) is 19.8 Å². The Kier molecular flexibility index (Phi) is 6.07. The van der Waals surface area contributed by atoms with Crippen LogP contribution in [0.4, 0.5) is 11.8 Å². The molecule has 138 valence electrons. The second-order valence-corrected chi connectivity index (χ2v) is 6.84. The maximum Gasteiger partial charge on any atom is 0.224 e. The summed E-state index contributed by atoms with van der Waals surface area (Å²) in [6, 6.07) is 10.4. The second kappa shape index (κ2) is 8.67. The number of para-hydroxylation sites is 1. The van der Waals surface area contributed by atoms with E-state index in [-0.39, 0.29) is 0 Å². The van der Waals surface area contributed by atoms with Crippen LogP contribution in [0.5, 0.6) is 0 Å². The smallest absolute Gasteiger partial charge is 0.224 e. The minimum atomic E-state index is 0.681. The molecule has 0 bridgehead atoms. The van der Waals surface area contributed by atoms with Gasteiger partial charge < -0.3 is 20.5 Å². The molecule has 0 saturated heterocycles. The van der Waals surface area contributed by atoms with Crippen LogP contribution in [-0.2, 0) is 6.42 Å². The molecule has 6 nitrogen and oxygen atoms in total. The Hall–Kier alpha value is -2.60. The van der Waals surface area contributed by atoms with Crippen molar-refractivity contribution in [3.8, 4) is 0 Å². The molecule has 0 aliphatic heterocycles. The fourth-order valence-electron chi connectivity index (χ4n) is 3.00. The molecule has 0 fully saturated rings. The van der Waals surface area contributed by atoms with E-state index in [1.54, 1.807) is 0 Å². The first-order chi connectivity index (χ1) is 12.6. The van der Waals surface area contributed by atoms with Gasteiger partial charge in [0.2, 0.25) is 5.95 Å². The van der Waals surface area contributed by atoms with Gasteiger partial charge in [-0.1, -0.05) is 18.2 Å². The lowest BCUT2D eigenvalue weighted by atomic mass is 10.1. The molecule has 0 radical (unpaired) electrons. The summed E-state index contributed by atoms with van der Waals surface area (Å²) in [4.78, 5) is 14.6. The molecule has 0 unspecified atom stereocenters. The molecule has 3 rings (SSSR count). The summed E-state index contributed by atoms with van der Waals surface area (Å²) in [5.41, 5.74) is 3.45. The molecule has 2 aromatic heterocycles. The molecule has 3 N–H and O–H groups in total. The van der Waals surface area contributed by atoms with Crippen LogP contribution in [0.3, 0.4) is 0 Å². The third-order valence-corrected chi connectivity index (χ3v) is 4.29. The first-order valence-corrected chi connectivity index (χ1v) is 9.15. The highest BCUT2D eigenvalue weighted by Crippen LogP contribution is 2.18. The van der Waals surface area contributed by atoms with Crippen molar-refractivity contribution in [2.24, 2.45) is 0 Å². The zero-order valence-corrected chi connectivity index (χ0v) is 15.8. The lowest BCUT2D eigenvalue weighted by molar-refractivity contribution is 0.405. The molecular weight excluding hydrogens is 324 g/mol. The number of nitrogens with zero attached hydrogens (tertiary/aromatic N) is 3. The van der Waals surface area contributed by atoms with Gasteiger partial charge in [-0.05, 0) is 52.0 Å². The molecule has 1 aromatic carbocycles. The van der Waals surface area contributed by atoms with E-state index in [4.69, 9.17) is 0 Å². The van der Waals surface area contributed by atoms with Gasteiger partial charge >= 0.3 is 0 Å². The van der Waals surface area contributed by atoms with Gasteiger partial charge in [0.1, 0.15) is 5.82 Å². The first-order valence-electron chi connectivity index (χ1n) is 9.15. The highest BCUT2D eigenvalue weighted by molar-refractivity contribution is 5.83. The molecule has 0 atom stereocenters. The summed E-state index contributed by atoms with van der Waals surface area (Å²) in [6.45, 7) is 4.76. The van der Waals surface area contributed by atoms with Crippen LogP contribution >= 0.6 is 0 Å². The van der Waals surface area contributed by atoms with Gasteiger partial charge in [-0.2, -0.15) is 4.98 Å². The van der Waals surface area contributed by atoms with Crippen molar-refractivity contribution in [1.82, 2.24) is 19.9 Å². The molecule has 3 aromatic rings. The molecular formula is C20H28N6. The minimum Gasteiger partial charge on any atom is -0.370 e. The summed E-state index contributed by atoms with van der Waals surface area (Å²) in [7, 11) is 4.18. The predicted octanol–water partition coefficient (Wildman–Crippen LogP) is 3.28. The fraction of sp³-hybridized carbons (Fsp3) is 0.400. The average molecular weight is 352 g/mol. The van der Waals surface area contributed by atoms with Crippen molar-refractivity contribution in [2.75, 3.05) is 44.4 Å².